The van der Waals surface area contributed by atoms with E-state index in [1.807, 2.05) is 0 Å². The number of hydrogen-bond donors (Lipinski definition) is 1. The fourth-order valence-electron chi connectivity index (χ4n) is 4.81. The highest BCUT2D eigenvalue weighted by molar-refractivity contribution is 9.10. The van der Waals surface area contributed by atoms with E-state index in [0.717, 1.165) is 4.47 Å². The molecule has 0 saturated heterocycles. The van der Waals surface area contributed by atoms with Gasteiger partial charge in [-0.15, -0.1) is 0 Å². The first-order chi connectivity index (χ1) is 12.5. The first-order valence-corrected chi connectivity index (χ1v) is 10.2. The molecule has 0 atom stereocenters. The molecule has 1 aliphatic heterocycles. The maximum absolute atomic E-state index is 11.2. The zero-order valence-corrected chi connectivity index (χ0v) is 16.7. The lowest BCUT2D eigenvalue weighted by molar-refractivity contribution is -0.136. The Hall–Kier alpha value is -1.81. The van der Waals surface area contributed by atoms with Crippen LogP contribution in [-0.2, 0) is 10.2 Å². The monoisotopic (exact) mass is 413 g/mol. The zero-order valence-electron chi connectivity index (χ0n) is 15.1. The van der Waals surface area contributed by atoms with Crippen LogP contribution in [0.2, 0.25) is 0 Å². The van der Waals surface area contributed by atoms with Crippen molar-refractivity contribution >= 4 is 33.3 Å². The summed E-state index contributed by atoms with van der Waals surface area (Å²) >= 11 is 3.66. The summed E-state index contributed by atoms with van der Waals surface area (Å²) in [7, 11) is 0. The van der Waals surface area contributed by atoms with Crippen molar-refractivity contribution in [1.29, 1.82) is 0 Å². The van der Waals surface area contributed by atoms with Gasteiger partial charge < -0.3 is 10.0 Å². The van der Waals surface area contributed by atoms with Crippen LogP contribution in [0.1, 0.15) is 55.2 Å². The number of carbonyl (C=O) groups is 1. The summed E-state index contributed by atoms with van der Waals surface area (Å²) in [6, 6.07) is 13.2. The number of fused-ring (bicyclic) bond motifs is 4. The van der Waals surface area contributed by atoms with Gasteiger partial charge in [0.05, 0.1) is 6.42 Å². The zero-order chi connectivity index (χ0) is 18.3. The minimum absolute atomic E-state index is 0.0540. The highest BCUT2D eigenvalue weighted by Gasteiger charge is 2.43. The van der Waals surface area contributed by atoms with E-state index in [9.17, 15) is 9.90 Å². The maximum Gasteiger partial charge on any atom is 0.305 e. The van der Waals surface area contributed by atoms with E-state index < -0.39 is 5.97 Å². The Morgan fingerprint density at radius 3 is 2.42 bits per heavy atom. The summed E-state index contributed by atoms with van der Waals surface area (Å²) in [5, 5.41) is 9.24. The molecular formula is C22H24BrNO2. The molecule has 2 aromatic rings. The molecule has 0 bridgehead atoms. The molecule has 2 aromatic carbocycles. The third-order valence-corrected chi connectivity index (χ3v) is 6.47. The minimum atomic E-state index is -0.754. The number of anilines is 2. The van der Waals surface area contributed by atoms with Crippen LogP contribution >= 0.6 is 15.9 Å². The van der Waals surface area contributed by atoms with E-state index in [1.165, 1.54) is 60.2 Å². The molecule has 3 nitrogen and oxygen atoms in total. The van der Waals surface area contributed by atoms with Gasteiger partial charge in [-0.05, 0) is 55.2 Å². The van der Waals surface area contributed by atoms with Gasteiger partial charge in [-0.2, -0.15) is 0 Å². The van der Waals surface area contributed by atoms with Gasteiger partial charge in [0.1, 0.15) is 0 Å². The van der Waals surface area contributed by atoms with E-state index in [0.29, 0.717) is 6.54 Å². The molecule has 0 amide bonds. The van der Waals surface area contributed by atoms with Crippen molar-refractivity contribution in [2.75, 3.05) is 11.4 Å². The van der Waals surface area contributed by atoms with Crippen LogP contribution in [0.3, 0.4) is 0 Å². The number of rotatable bonds is 3. The fraction of sp³-hybridized carbons (Fsp3) is 0.409. The molecule has 1 heterocycles. The average molecular weight is 414 g/mol. The van der Waals surface area contributed by atoms with Crippen molar-refractivity contribution in [2.24, 2.45) is 0 Å². The van der Waals surface area contributed by atoms with Crippen LogP contribution in [0.4, 0.5) is 11.4 Å². The van der Waals surface area contributed by atoms with Crippen LogP contribution in [0.25, 0.3) is 0 Å². The number of carboxylic acids is 1. The summed E-state index contributed by atoms with van der Waals surface area (Å²) in [5.41, 5.74) is 6.42. The predicted octanol–water partition coefficient (Wildman–Crippen LogP) is 5.93. The number of aliphatic carboxylic acids is 1. The van der Waals surface area contributed by atoms with E-state index in [2.05, 4.69) is 64.2 Å². The topological polar surface area (TPSA) is 40.5 Å². The number of carboxylic acid groups (broad SMARTS) is 1. The van der Waals surface area contributed by atoms with Gasteiger partial charge in [0, 0.05) is 27.8 Å². The SMILES string of the molecule is Cc1ccc2c(c1)C1(CCCCC1)c1cc(Br)ccc1N2CCC(=O)O. The summed E-state index contributed by atoms with van der Waals surface area (Å²) in [5.74, 6) is -0.754. The summed E-state index contributed by atoms with van der Waals surface area (Å²) in [6.07, 6.45) is 6.26. The molecule has 1 aliphatic carbocycles. The number of benzene rings is 2. The largest absolute Gasteiger partial charge is 0.481 e. The van der Waals surface area contributed by atoms with Crippen molar-refractivity contribution in [3.63, 3.8) is 0 Å². The number of halogens is 1. The Bertz CT molecular complexity index is 800. The second-order valence-corrected chi connectivity index (χ2v) is 8.54. The first-order valence-electron chi connectivity index (χ1n) is 9.42. The third kappa shape index (κ3) is 2.84. The number of nitrogens with zero attached hydrogens (tertiary/aromatic N) is 1. The summed E-state index contributed by atoms with van der Waals surface area (Å²) in [6.45, 7) is 2.64. The highest BCUT2D eigenvalue weighted by atomic mass is 79.9. The lowest BCUT2D eigenvalue weighted by atomic mass is 9.62. The standard InChI is InChI=1S/C22H24BrNO2/c1-15-5-7-19-17(13-15)22(10-3-2-4-11-22)18-14-16(23)6-8-20(18)24(19)12-9-21(25)26/h5-8,13-14H,2-4,9-12H2,1H3,(H,25,26). The van der Waals surface area contributed by atoms with Gasteiger partial charge in [-0.1, -0.05) is 52.9 Å². The molecule has 1 spiro atoms. The van der Waals surface area contributed by atoms with Gasteiger partial charge in [-0.25, -0.2) is 0 Å². The lowest BCUT2D eigenvalue weighted by Gasteiger charge is -2.48. The molecule has 0 aromatic heterocycles. The van der Waals surface area contributed by atoms with E-state index in [1.54, 1.807) is 0 Å². The van der Waals surface area contributed by atoms with E-state index in [-0.39, 0.29) is 11.8 Å². The van der Waals surface area contributed by atoms with Crippen molar-refractivity contribution < 1.29 is 9.90 Å². The Labute approximate surface area is 163 Å². The Morgan fingerprint density at radius 1 is 1.08 bits per heavy atom. The molecule has 0 radical (unpaired) electrons. The van der Waals surface area contributed by atoms with Crippen molar-refractivity contribution in [3.8, 4) is 0 Å². The molecule has 26 heavy (non-hydrogen) atoms. The van der Waals surface area contributed by atoms with Gasteiger partial charge in [-0.3, -0.25) is 4.79 Å². The maximum atomic E-state index is 11.2. The minimum Gasteiger partial charge on any atom is -0.481 e. The van der Waals surface area contributed by atoms with Crippen LogP contribution in [-0.4, -0.2) is 17.6 Å². The molecular weight excluding hydrogens is 390 g/mol. The van der Waals surface area contributed by atoms with Crippen molar-refractivity contribution in [1.82, 2.24) is 0 Å². The fourth-order valence-corrected chi connectivity index (χ4v) is 5.17. The smallest absolute Gasteiger partial charge is 0.305 e. The number of hydrogen-bond acceptors (Lipinski definition) is 2. The summed E-state index contributed by atoms with van der Waals surface area (Å²) < 4.78 is 1.09. The first kappa shape index (κ1) is 17.6. The van der Waals surface area contributed by atoms with Crippen molar-refractivity contribution in [3.05, 3.63) is 57.6 Å². The van der Waals surface area contributed by atoms with E-state index in [4.69, 9.17) is 0 Å². The van der Waals surface area contributed by atoms with Crippen LogP contribution in [0, 0.1) is 6.92 Å². The second kappa shape index (κ2) is 6.73. The molecule has 2 aliphatic rings. The van der Waals surface area contributed by atoms with Crippen molar-refractivity contribution in [2.45, 2.75) is 50.9 Å². The molecule has 1 saturated carbocycles. The number of aryl methyl sites for hydroxylation is 1. The average Bonchev–Trinajstić information content (AvgIpc) is 2.63. The van der Waals surface area contributed by atoms with Gasteiger partial charge in [0.2, 0.25) is 0 Å². The molecule has 136 valence electrons. The Balaban J connectivity index is 1.94. The Morgan fingerprint density at radius 2 is 1.73 bits per heavy atom. The summed E-state index contributed by atoms with van der Waals surface area (Å²) in [4.78, 5) is 13.4. The third-order valence-electron chi connectivity index (χ3n) is 5.98. The predicted molar refractivity (Wildman–Crippen MR) is 108 cm³/mol. The highest BCUT2D eigenvalue weighted by Crippen LogP contribution is 2.56. The molecule has 1 fully saturated rings. The van der Waals surface area contributed by atoms with Crippen LogP contribution in [0.15, 0.2) is 40.9 Å². The second-order valence-electron chi connectivity index (χ2n) is 7.62. The molecule has 1 N–H and O–H groups in total. The molecule has 4 heteroatoms. The van der Waals surface area contributed by atoms with Gasteiger partial charge in [0.15, 0.2) is 0 Å². The molecule has 0 unspecified atom stereocenters. The lowest BCUT2D eigenvalue weighted by Crippen LogP contribution is -2.39. The van der Waals surface area contributed by atoms with E-state index >= 15 is 0 Å². The molecule has 4 rings (SSSR count). The van der Waals surface area contributed by atoms with Crippen LogP contribution < -0.4 is 4.90 Å². The normalized spacial score (nSPS) is 17.7. The van der Waals surface area contributed by atoms with Crippen LogP contribution in [0.5, 0.6) is 0 Å². The Kier molecular flexibility index (Phi) is 4.55. The van der Waals surface area contributed by atoms with Gasteiger partial charge in [0.25, 0.3) is 0 Å². The quantitative estimate of drug-likeness (QED) is 0.677. The van der Waals surface area contributed by atoms with Gasteiger partial charge >= 0.3 is 5.97 Å².